The maximum atomic E-state index is 6.39. The molecule has 0 bridgehead atoms. The summed E-state index contributed by atoms with van der Waals surface area (Å²) in [7, 11) is 0. The number of halogens is 1. The molecule has 0 aliphatic heterocycles. The Morgan fingerprint density at radius 2 is 2.00 bits per heavy atom. The van der Waals surface area contributed by atoms with Gasteiger partial charge in [0.2, 0.25) is 0 Å². The van der Waals surface area contributed by atoms with Gasteiger partial charge < -0.3 is 5.73 Å². The molecule has 1 aromatic carbocycles. The molecule has 2 rings (SSSR count). The molecule has 1 aliphatic carbocycles. The molecule has 0 atom stereocenters. The Kier molecular flexibility index (Phi) is 2.78. The van der Waals surface area contributed by atoms with Crippen LogP contribution >= 0.6 is 11.6 Å². The van der Waals surface area contributed by atoms with Gasteiger partial charge in [-0.1, -0.05) is 35.7 Å². The van der Waals surface area contributed by atoms with Gasteiger partial charge in [-0.2, -0.15) is 0 Å². The highest BCUT2D eigenvalue weighted by atomic mass is 35.5. The zero-order valence-electron chi connectivity index (χ0n) is 9.44. The lowest BCUT2D eigenvalue weighted by Crippen LogP contribution is -2.41. The molecule has 1 aliphatic rings. The van der Waals surface area contributed by atoms with Crippen molar-refractivity contribution in [3.05, 3.63) is 33.8 Å². The van der Waals surface area contributed by atoms with Gasteiger partial charge in [0.25, 0.3) is 0 Å². The zero-order chi connectivity index (χ0) is 11.1. The molecule has 1 nitrogen and oxygen atoms in total. The number of benzene rings is 1. The first-order valence-corrected chi connectivity index (χ1v) is 5.94. The summed E-state index contributed by atoms with van der Waals surface area (Å²) in [6.07, 6.45) is 3.65. The molecule has 1 fully saturated rings. The summed E-state index contributed by atoms with van der Waals surface area (Å²) in [5, 5.41) is 0.922. The van der Waals surface area contributed by atoms with Crippen LogP contribution in [0.25, 0.3) is 0 Å². The topological polar surface area (TPSA) is 26.0 Å². The predicted molar refractivity (Wildman–Crippen MR) is 65.5 cm³/mol. The molecule has 0 heterocycles. The van der Waals surface area contributed by atoms with E-state index in [1.807, 2.05) is 0 Å². The zero-order valence-corrected chi connectivity index (χ0v) is 10.2. The van der Waals surface area contributed by atoms with Gasteiger partial charge >= 0.3 is 0 Å². The summed E-state index contributed by atoms with van der Waals surface area (Å²) < 4.78 is 0. The van der Waals surface area contributed by atoms with Crippen molar-refractivity contribution in [1.82, 2.24) is 0 Å². The summed E-state index contributed by atoms with van der Waals surface area (Å²) in [6, 6.07) is 4.34. The highest BCUT2D eigenvalue weighted by Gasteiger charge is 2.39. The first-order valence-electron chi connectivity index (χ1n) is 5.56. The van der Waals surface area contributed by atoms with Crippen molar-refractivity contribution in [2.45, 2.75) is 38.5 Å². The summed E-state index contributed by atoms with van der Waals surface area (Å²) in [5.74, 6) is 0. The predicted octanol–water partition coefficient (Wildman–Crippen LogP) is 3.34. The third-order valence-electron chi connectivity index (χ3n) is 3.67. The second-order valence-corrected chi connectivity index (χ2v) is 5.16. The van der Waals surface area contributed by atoms with Crippen molar-refractivity contribution >= 4 is 11.6 Å². The van der Waals surface area contributed by atoms with Gasteiger partial charge in [-0.15, -0.1) is 0 Å². The van der Waals surface area contributed by atoms with Gasteiger partial charge in [0.15, 0.2) is 0 Å². The fourth-order valence-electron chi connectivity index (χ4n) is 2.52. The molecule has 1 aromatic rings. The molecule has 0 spiro atoms. The number of nitrogens with two attached hydrogens (primary N) is 1. The highest BCUT2D eigenvalue weighted by molar-refractivity contribution is 6.32. The largest absolute Gasteiger partial charge is 0.330 e. The van der Waals surface area contributed by atoms with E-state index < -0.39 is 0 Å². The van der Waals surface area contributed by atoms with E-state index in [4.69, 9.17) is 17.3 Å². The van der Waals surface area contributed by atoms with E-state index >= 15 is 0 Å². The summed E-state index contributed by atoms with van der Waals surface area (Å²) >= 11 is 6.39. The molecule has 0 radical (unpaired) electrons. The summed E-state index contributed by atoms with van der Waals surface area (Å²) in [5.41, 5.74) is 9.82. The number of rotatable bonds is 2. The fraction of sp³-hybridized carbons (Fsp3) is 0.538. The van der Waals surface area contributed by atoms with Crippen LogP contribution in [0.4, 0.5) is 0 Å². The third kappa shape index (κ3) is 1.68. The monoisotopic (exact) mass is 223 g/mol. The molecule has 0 unspecified atom stereocenters. The standard InChI is InChI=1S/C13H18ClN/c1-9-6-10(2)12(14)11(7-9)13(8-15)4-3-5-13/h6-7H,3-5,8,15H2,1-2H3. The normalized spacial score (nSPS) is 18.7. The first kappa shape index (κ1) is 11.0. The molecular formula is C13H18ClN. The molecule has 0 aromatic heterocycles. The van der Waals surface area contributed by atoms with E-state index in [0.717, 1.165) is 11.6 Å². The maximum absolute atomic E-state index is 6.39. The Bertz CT molecular complexity index is 375. The highest BCUT2D eigenvalue weighted by Crippen LogP contribution is 2.46. The molecular weight excluding hydrogens is 206 g/mol. The van der Waals surface area contributed by atoms with Crippen LogP contribution in [0, 0.1) is 13.8 Å². The smallest absolute Gasteiger partial charge is 0.0473 e. The SMILES string of the molecule is Cc1cc(C)c(Cl)c(C2(CN)CCC2)c1. The van der Waals surface area contributed by atoms with Crippen LogP contribution in [-0.2, 0) is 5.41 Å². The summed E-state index contributed by atoms with van der Waals surface area (Å²) in [6.45, 7) is 4.91. The number of aryl methyl sites for hydroxylation is 2. The minimum Gasteiger partial charge on any atom is -0.330 e. The molecule has 2 N–H and O–H groups in total. The Hall–Kier alpha value is -0.530. The minimum absolute atomic E-state index is 0.174. The minimum atomic E-state index is 0.174. The second-order valence-electron chi connectivity index (χ2n) is 4.78. The third-order valence-corrected chi connectivity index (χ3v) is 4.17. The Balaban J connectivity index is 2.51. The van der Waals surface area contributed by atoms with Crippen molar-refractivity contribution in [3.63, 3.8) is 0 Å². The first-order chi connectivity index (χ1) is 7.09. The van der Waals surface area contributed by atoms with E-state index in [9.17, 15) is 0 Å². The second kappa shape index (κ2) is 3.80. The molecule has 0 saturated heterocycles. The number of hydrogen-bond donors (Lipinski definition) is 1. The van der Waals surface area contributed by atoms with Gasteiger partial charge in [0, 0.05) is 17.0 Å². The van der Waals surface area contributed by atoms with E-state index in [2.05, 4.69) is 26.0 Å². The van der Waals surface area contributed by atoms with Gasteiger partial charge in [-0.3, -0.25) is 0 Å². The van der Waals surface area contributed by atoms with Crippen molar-refractivity contribution in [2.75, 3.05) is 6.54 Å². The van der Waals surface area contributed by atoms with E-state index in [-0.39, 0.29) is 5.41 Å². The van der Waals surface area contributed by atoms with Crippen LogP contribution in [0.5, 0.6) is 0 Å². The Morgan fingerprint density at radius 1 is 1.33 bits per heavy atom. The lowest BCUT2D eigenvalue weighted by Gasteiger charge is -2.42. The van der Waals surface area contributed by atoms with Gasteiger partial charge in [-0.25, -0.2) is 0 Å². The number of hydrogen-bond acceptors (Lipinski definition) is 1. The fourth-order valence-corrected chi connectivity index (χ4v) is 2.83. The average Bonchev–Trinajstić information content (AvgIpc) is 2.12. The van der Waals surface area contributed by atoms with E-state index in [1.54, 1.807) is 0 Å². The van der Waals surface area contributed by atoms with E-state index in [1.165, 1.54) is 36.0 Å². The van der Waals surface area contributed by atoms with Crippen LogP contribution in [0.2, 0.25) is 5.02 Å². The van der Waals surface area contributed by atoms with Crippen LogP contribution in [-0.4, -0.2) is 6.54 Å². The molecule has 82 valence electrons. The van der Waals surface area contributed by atoms with Gasteiger partial charge in [0.05, 0.1) is 0 Å². The van der Waals surface area contributed by atoms with E-state index in [0.29, 0.717) is 0 Å². The van der Waals surface area contributed by atoms with Crippen molar-refractivity contribution in [3.8, 4) is 0 Å². The molecule has 2 heteroatoms. The van der Waals surface area contributed by atoms with Gasteiger partial charge in [-0.05, 0) is 37.8 Å². The van der Waals surface area contributed by atoms with Crippen LogP contribution in [0.15, 0.2) is 12.1 Å². The maximum Gasteiger partial charge on any atom is 0.0473 e. The van der Waals surface area contributed by atoms with Crippen molar-refractivity contribution in [1.29, 1.82) is 0 Å². The van der Waals surface area contributed by atoms with Crippen LogP contribution in [0.3, 0.4) is 0 Å². The Morgan fingerprint density at radius 3 is 2.47 bits per heavy atom. The lowest BCUT2D eigenvalue weighted by molar-refractivity contribution is 0.253. The molecule has 1 saturated carbocycles. The Labute approximate surface area is 96.6 Å². The van der Waals surface area contributed by atoms with Crippen LogP contribution < -0.4 is 5.73 Å². The molecule has 15 heavy (non-hydrogen) atoms. The average molecular weight is 224 g/mol. The quantitative estimate of drug-likeness (QED) is 0.818. The van der Waals surface area contributed by atoms with Crippen molar-refractivity contribution < 1.29 is 0 Å². The molecule has 0 amide bonds. The lowest BCUT2D eigenvalue weighted by atomic mass is 9.64. The van der Waals surface area contributed by atoms with Crippen LogP contribution in [0.1, 0.15) is 36.0 Å². The summed E-state index contributed by atoms with van der Waals surface area (Å²) in [4.78, 5) is 0. The van der Waals surface area contributed by atoms with Gasteiger partial charge in [0.1, 0.15) is 0 Å². The van der Waals surface area contributed by atoms with Crippen molar-refractivity contribution in [2.24, 2.45) is 5.73 Å².